The molecule has 1 saturated heterocycles. The Morgan fingerprint density at radius 3 is 2.48 bits per heavy atom. The Balaban J connectivity index is 1.85. The van der Waals surface area contributed by atoms with Crippen molar-refractivity contribution in [2.24, 2.45) is 5.73 Å². The fraction of sp³-hybridized carbons (Fsp3) is 0.350. The third kappa shape index (κ3) is 3.46. The van der Waals surface area contributed by atoms with Gasteiger partial charge in [0.2, 0.25) is 0 Å². The van der Waals surface area contributed by atoms with Gasteiger partial charge in [-0.2, -0.15) is 0 Å². The van der Waals surface area contributed by atoms with E-state index in [0.29, 0.717) is 23.6 Å². The molecule has 1 aliphatic rings. The van der Waals surface area contributed by atoms with Crippen LogP contribution in [0.3, 0.4) is 0 Å². The maximum absolute atomic E-state index is 12.9. The summed E-state index contributed by atoms with van der Waals surface area (Å²) in [4.78, 5) is 14.9. The lowest BCUT2D eigenvalue weighted by molar-refractivity contribution is 0.0735. The third-order valence-corrected chi connectivity index (χ3v) is 4.74. The van der Waals surface area contributed by atoms with Crippen molar-refractivity contribution in [2.45, 2.75) is 25.4 Å². The molecule has 0 bridgehead atoms. The van der Waals surface area contributed by atoms with Gasteiger partial charge in [-0.1, -0.05) is 18.2 Å². The van der Waals surface area contributed by atoms with Gasteiger partial charge < -0.3 is 20.1 Å². The quantitative estimate of drug-likeness (QED) is 0.908. The predicted octanol–water partition coefficient (Wildman–Crippen LogP) is 3.14. The van der Waals surface area contributed by atoms with Crippen molar-refractivity contribution in [3.05, 3.63) is 59.2 Å². The molecule has 0 spiro atoms. The zero-order valence-electron chi connectivity index (χ0n) is 14.7. The lowest BCUT2D eigenvalue weighted by Crippen LogP contribution is -2.30. The fourth-order valence-corrected chi connectivity index (χ4v) is 3.37. The molecule has 1 heterocycles. The van der Waals surface area contributed by atoms with Crippen LogP contribution in [-0.2, 0) is 6.54 Å². The molecule has 1 fully saturated rings. The highest BCUT2D eigenvalue weighted by molar-refractivity contribution is 5.94. The summed E-state index contributed by atoms with van der Waals surface area (Å²) in [5, 5.41) is 0. The second-order valence-corrected chi connectivity index (χ2v) is 6.17. The van der Waals surface area contributed by atoms with Crippen molar-refractivity contribution in [2.75, 3.05) is 20.8 Å². The molecule has 2 aromatic rings. The number of rotatable bonds is 5. The molecule has 1 atom stereocenters. The lowest BCUT2D eigenvalue weighted by Gasteiger charge is -2.26. The molecule has 1 amide bonds. The molecule has 1 unspecified atom stereocenters. The molecule has 5 heteroatoms. The number of hydrogen-bond donors (Lipinski definition) is 1. The number of nitrogens with two attached hydrogens (primary N) is 1. The minimum Gasteiger partial charge on any atom is -0.493 e. The average Bonchev–Trinajstić information content (AvgIpc) is 3.16. The highest BCUT2D eigenvalue weighted by Gasteiger charge is 2.31. The average molecular weight is 340 g/mol. The molecule has 25 heavy (non-hydrogen) atoms. The molecule has 0 aliphatic carbocycles. The van der Waals surface area contributed by atoms with E-state index >= 15 is 0 Å². The summed E-state index contributed by atoms with van der Waals surface area (Å²) in [6.45, 7) is 1.24. The molecule has 3 rings (SSSR count). The van der Waals surface area contributed by atoms with Gasteiger partial charge in [0.05, 0.1) is 20.3 Å². The summed E-state index contributed by atoms with van der Waals surface area (Å²) >= 11 is 0. The van der Waals surface area contributed by atoms with E-state index in [9.17, 15) is 4.79 Å². The van der Waals surface area contributed by atoms with Crippen LogP contribution in [-0.4, -0.2) is 31.6 Å². The lowest BCUT2D eigenvalue weighted by atomic mass is 10.0. The molecule has 132 valence electrons. The van der Waals surface area contributed by atoms with Crippen LogP contribution in [0.2, 0.25) is 0 Å². The van der Waals surface area contributed by atoms with Gasteiger partial charge in [0.1, 0.15) is 0 Å². The normalized spacial score (nSPS) is 16.8. The van der Waals surface area contributed by atoms with Crippen LogP contribution in [0.4, 0.5) is 0 Å². The standard InChI is InChI=1S/C20H24N2O3/c1-24-18-10-9-16(12-19(18)25-2)17-4-3-11-22(17)20(23)15-7-5-14(13-21)6-8-15/h5-10,12,17H,3-4,11,13,21H2,1-2H3. The molecule has 0 aromatic heterocycles. The Kier molecular flexibility index (Phi) is 5.24. The summed E-state index contributed by atoms with van der Waals surface area (Å²) in [5.74, 6) is 1.44. The largest absolute Gasteiger partial charge is 0.493 e. The van der Waals surface area contributed by atoms with E-state index in [-0.39, 0.29) is 11.9 Å². The Morgan fingerprint density at radius 2 is 1.84 bits per heavy atom. The van der Waals surface area contributed by atoms with Crippen molar-refractivity contribution in [3.63, 3.8) is 0 Å². The van der Waals surface area contributed by atoms with E-state index in [4.69, 9.17) is 15.2 Å². The zero-order valence-corrected chi connectivity index (χ0v) is 14.7. The number of carbonyl (C=O) groups excluding carboxylic acids is 1. The van der Waals surface area contributed by atoms with Gasteiger partial charge in [0.25, 0.3) is 5.91 Å². The second kappa shape index (κ2) is 7.57. The fourth-order valence-electron chi connectivity index (χ4n) is 3.37. The summed E-state index contributed by atoms with van der Waals surface area (Å²) in [7, 11) is 3.24. The van der Waals surface area contributed by atoms with Crippen molar-refractivity contribution in [1.29, 1.82) is 0 Å². The molecule has 2 aromatic carbocycles. The maximum atomic E-state index is 12.9. The van der Waals surface area contributed by atoms with E-state index in [2.05, 4.69) is 0 Å². The monoisotopic (exact) mass is 340 g/mol. The molecule has 0 radical (unpaired) electrons. The van der Waals surface area contributed by atoms with E-state index in [1.54, 1.807) is 14.2 Å². The van der Waals surface area contributed by atoms with Crippen molar-refractivity contribution < 1.29 is 14.3 Å². The molecule has 0 saturated carbocycles. The summed E-state index contributed by atoms with van der Waals surface area (Å²) < 4.78 is 10.7. The van der Waals surface area contributed by atoms with E-state index < -0.39 is 0 Å². The van der Waals surface area contributed by atoms with Gasteiger partial charge in [0.15, 0.2) is 11.5 Å². The number of ether oxygens (including phenoxy) is 2. The molecular weight excluding hydrogens is 316 g/mol. The van der Waals surface area contributed by atoms with Crippen LogP contribution < -0.4 is 15.2 Å². The molecule has 5 nitrogen and oxygen atoms in total. The smallest absolute Gasteiger partial charge is 0.254 e. The minimum absolute atomic E-state index is 0.0563. The van der Waals surface area contributed by atoms with Crippen LogP contribution in [0.1, 0.15) is 40.4 Å². The van der Waals surface area contributed by atoms with Crippen LogP contribution in [0.5, 0.6) is 11.5 Å². The van der Waals surface area contributed by atoms with E-state index in [1.807, 2.05) is 47.4 Å². The van der Waals surface area contributed by atoms with Crippen molar-refractivity contribution in [3.8, 4) is 11.5 Å². The Labute approximate surface area is 148 Å². The molecular formula is C20H24N2O3. The summed E-state index contributed by atoms with van der Waals surface area (Å²) in [6, 6.07) is 13.5. The number of methoxy groups -OCH3 is 2. The van der Waals surface area contributed by atoms with E-state index in [1.165, 1.54) is 0 Å². The van der Waals surface area contributed by atoms with E-state index in [0.717, 1.165) is 30.5 Å². The first kappa shape index (κ1) is 17.3. The first-order valence-electron chi connectivity index (χ1n) is 8.50. The van der Waals surface area contributed by atoms with Crippen molar-refractivity contribution >= 4 is 5.91 Å². The molecule has 2 N–H and O–H groups in total. The Hall–Kier alpha value is -2.53. The van der Waals surface area contributed by atoms with Crippen LogP contribution >= 0.6 is 0 Å². The highest BCUT2D eigenvalue weighted by Crippen LogP contribution is 2.37. The maximum Gasteiger partial charge on any atom is 0.254 e. The van der Waals surface area contributed by atoms with Gasteiger partial charge in [0, 0.05) is 18.7 Å². The minimum atomic E-state index is 0.0563. The Morgan fingerprint density at radius 1 is 1.12 bits per heavy atom. The Bertz CT molecular complexity index is 743. The van der Waals surface area contributed by atoms with Crippen LogP contribution in [0, 0.1) is 0 Å². The number of benzene rings is 2. The van der Waals surface area contributed by atoms with Gasteiger partial charge in [-0.3, -0.25) is 4.79 Å². The number of likely N-dealkylation sites (tertiary alicyclic amines) is 1. The van der Waals surface area contributed by atoms with Crippen LogP contribution in [0.25, 0.3) is 0 Å². The van der Waals surface area contributed by atoms with Crippen molar-refractivity contribution in [1.82, 2.24) is 4.90 Å². The van der Waals surface area contributed by atoms with Crippen LogP contribution in [0.15, 0.2) is 42.5 Å². The first-order valence-corrected chi connectivity index (χ1v) is 8.50. The first-order chi connectivity index (χ1) is 12.2. The second-order valence-electron chi connectivity index (χ2n) is 6.17. The predicted molar refractivity (Wildman–Crippen MR) is 96.9 cm³/mol. The topological polar surface area (TPSA) is 64.8 Å². The SMILES string of the molecule is COc1ccc(C2CCCN2C(=O)c2ccc(CN)cc2)cc1OC. The highest BCUT2D eigenvalue weighted by atomic mass is 16.5. The van der Waals surface area contributed by atoms with Gasteiger partial charge >= 0.3 is 0 Å². The number of amides is 1. The van der Waals surface area contributed by atoms with Gasteiger partial charge in [-0.25, -0.2) is 0 Å². The zero-order chi connectivity index (χ0) is 17.8. The number of nitrogens with zero attached hydrogens (tertiary/aromatic N) is 1. The number of hydrogen-bond acceptors (Lipinski definition) is 4. The summed E-state index contributed by atoms with van der Waals surface area (Å²) in [6.07, 6.45) is 1.94. The summed E-state index contributed by atoms with van der Waals surface area (Å²) in [5.41, 5.74) is 8.42. The third-order valence-electron chi connectivity index (χ3n) is 4.74. The van der Waals surface area contributed by atoms with Gasteiger partial charge in [-0.15, -0.1) is 0 Å². The van der Waals surface area contributed by atoms with Gasteiger partial charge in [-0.05, 0) is 48.2 Å². The molecule has 1 aliphatic heterocycles. The number of carbonyl (C=O) groups is 1.